The number of ether oxygens (including phenoxy) is 2. The number of nitrogens with zero attached hydrogens (tertiary/aromatic N) is 1. The molecule has 1 aromatic rings. The molecule has 9 heteroatoms. The summed E-state index contributed by atoms with van der Waals surface area (Å²) >= 11 is 23.5. The molecule has 0 aliphatic rings. The van der Waals surface area contributed by atoms with Gasteiger partial charge in [0.15, 0.2) is 5.92 Å². The Morgan fingerprint density at radius 1 is 0.952 bits per heavy atom. The van der Waals surface area contributed by atoms with Crippen LogP contribution in [0.25, 0.3) is 0 Å². The SMILES string of the molecule is CCOC(=O)C(C(=O)OCC)c1nc(Cl)c(Cl)c(Cl)c1Cl. The van der Waals surface area contributed by atoms with Crippen LogP contribution in [-0.4, -0.2) is 30.1 Å². The summed E-state index contributed by atoms with van der Waals surface area (Å²) in [5.41, 5.74) is -0.159. The number of carbonyl (C=O) groups excluding carboxylic acids is 2. The van der Waals surface area contributed by atoms with Crippen LogP contribution in [0, 0.1) is 0 Å². The maximum atomic E-state index is 12.0. The standard InChI is InChI=1S/C12H11Cl4NO4/c1-3-20-11(18)5(12(19)21-4-2)9-7(14)6(13)8(15)10(16)17-9/h5H,3-4H2,1-2H3. The van der Waals surface area contributed by atoms with Crippen molar-refractivity contribution in [1.82, 2.24) is 4.98 Å². The molecule has 0 saturated carbocycles. The zero-order chi connectivity index (χ0) is 16.2. The first-order chi connectivity index (χ1) is 9.84. The summed E-state index contributed by atoms with van der Waals surface area (Å²) in [6.07, 6.45) is 0. The zero-order valence-corrected chi connectivity index (χ0v) is 14.1. The lowest BCUT2D eigenvalue weighted by Gasteiger charge is -2.16. The Labute approximate surface area is 141 Å². The molecule has 0 fully saturated rings. The van der Waals surface area contributed by atoms with Gasteiger partial charge in [-0.05, 0) is 13.8 Å². The van der Waals surface area contributed by atoms with Crippen LogP contribution in [0.2, 0.25) is 20.2 Å². The van der Waals surface area contributed by atoms with Gasteiger partial charge in [0.25, 0.3) is 0 Å². The highest BCUT2D eigenvalue weighted by Gasteiger charge is 2.36. The summed E-state index contributed by atoms with van der Waals surface area (Å²) in [5.74, 6) is -3.20. The molecule has 0 spiro atoms. The average Bonchev–Trinajstić information content (AvgIpc) is 2.43. The highest BCUT2D eigenvalue weighted by atomic mass is 35.5. The normalized spacial score (nSPS) is 10.6. The van der Waals surface area contributed by atoms with Crippen LogP contribution in [-0.2, 0) is 19.1 Å². The second-order valence-electron chi connectivity index (χ2n) is 3.67. The molecular formula is C12H11Cl4NO4. The summed E-state index contributed by atoms with van der Waals surface area (Å²) in [5, 5.41) is -0.512. The molecule has 0 amide bonds. The van der Waals surface area contributed by atoms with Crippen molar-refractivity contribution in [2.45, 2.75) is 19.8 Å². The van der Waals surface area contributed by atoms with Gasteiger partial charge in [0.1, 0.15) is 5.15 Å². The molecule has 1 heterocycles. The third-order valence-corrected chi connectivity index (χ3v) is 4.02. The number of hydrogen-bond acceptors (Lipinski definition) is 5. The third-order valence-electron chi connectivity index (χ3n) is 2.33. The smallest absolute Gasteiger partial charge is 0.326 e. The summed E-state index contributed by atoms with van der Waals surface area (Å²) in [6.45, 7) is 3.33. The first kappa shape index (κ1) is 18.3. The number of carbonyl (C=O) groups is 2. The quantitative estimate of drug-likeness (QED) is 0.444. The lowest BCUT2D eigenvalue weighted by Crippen LogP contribution is -2.27. The topological polar surface area (TPSA) is 65.5 Å². The van der Waals surface area contributed by atoms with Crippen molar-refractivity contribution >= 4 is 58.3 Å². The Bertz CT molecular complexity index is 547. The van der Waals surface area contributed by atoms with Gasteiger partial charge >= 0.3 is 11.9 Å². The fraction of sp³-hybridized carbons (Fsp3) is 0.417. The van der Waals surface area contributed by atoms with E-state index in [0.717, 1.165) is 0 Å². The van der Waals surface area contributed by atoms with Crippen LogP contribution in [0.4, 0.5) is 0 Å². The summed E-state index contributed by atoms with van der Waals surface area (Å²) in [4.78, 5) is 27.8. The van der Waals surface area contributed by atoms with Crippen molar-refractivity contribution in [2.75, 3.05) is 13.2 Å². The van der Waals surface area contributed by atoms with Crippen molar-refractivity contribution < 1.29 is 19.1 Å². The predicted octanol–water partition coefficient (Wildman–Crippen LogP) is 3.91. The molecule has 5 nitrogen and oxygen atoms in total. The van der Waals surface area contributed by atoms with E-state index in [1.165, 1.54) is 0 Å². The van der Waals surface area contributed by atoms with Crippen LogP contribution in [0.3, 0.4) is 0 Å². The molecular weight excluding hydrogens is 364 g/mol. The summed E-state index contributed by atoms with van der Waals surface area (Å²) < 4.78 is 9.67. The second kappa shape index (κ2) is 8.03. The average molecular weight is 375 g/mol. The Morgan fingerprint density at radius 2 is 1.43 bits per heavy atom. The summed E-state index contributed by atoms with van der Waals surface area (Å²) in [7, 11) is 0. The van der Waals surface area contributed by atoms with E-state index in [2.05, 4.69) is 4.98 Å². The van der Waals surface area contributed by atoms with Gasteiger partial charge in [-0.25, -0.2) is 4.98 Å². The largest absolute Gasteiger partial charge is 0.465 e. The fourth-order valence-corrected chi connectivity index (χ4v) is 2.32. The zero-order valence-electron chi connectivity index (χ0n) is 11.1. The Hall–Kier alpha value is -0.750. The van der Waals surface area contributed by atoms with E-state index in [9.17, 15) is 9.59 Å². The lowest BCUT2D eigenvalue weighted by molar-refractivity contribution is -0.157. The molecule has 0 atom stereocenters. The van der Waals surface area contributed by atoms with E-state index in [1.807, 2.05) is 0 Å². The maximum Gasteiger partial charge on any atom is 0.326 e. The molecule has 0 aliphatic carbocycles. The van der Waals surface area contributed by atoms with Crippen molar-refractivity contribution in [2.24, 2.45) is 0 Å². The van der Waals surface area contributed by atoms with Gasteiger partial charge in [0.05, 0.1) is 34.0 Å². The second-order valence-corrected chi connectivity index (χ2v) is 5.16. The Balaban J connectivity index is 3.39. The minimum absolute atomic E-state index is 0.0708. The molecule has 0 aliphatic heterocycles. The first-order valence-electron chi connectivity index (χ1n) is 5.88. The van der Waals surface area contributed by atoms with E-state index in [4.69, 9.17) is 55.9 Å². The van der Waals surface area contributed by atoms with Gasteiger partial charge < -0.3 is 9.47 Å². The predicted molar refractivity (Wildman–Crippen MR) is 80.3 cm³/mol. The van der Waals surface area contributed by atoms with Crippen molar-refractivity contribution in [3.63, 3.8) is 0 Å². The molecule has 0 aromatic carbocycles. The molecule has 0 radical (unpaired) electrons. The fourth-order valence-electron chi connectivity index (χ4n) is 1.47. The van der Waals surface area contributed by atoms with Crippen molar-refractivity contribution in [3.8, 4) is 0 Å². The van der Waals surface area contributed by atoms with E-state index < -0.39 is 17.9 Å². The van der Waals surface area contributed by atoms with E-state index >= 15 is 0 Å². The van der Waals surface area contributed by atoms with Gasteiger partial charge in [-0.2, -0.15) is 0 Å². The molecule has 0 N–H and O–H groups in total. The Kier molecular flexibility index (Phi) is 7.00. The number of pyridine rings is 1. The summed E-state index contributed by atoms with van der Waals surface area (Å²) in [6, 6.07) is 0. The number of hydrogen-bond donors (Lipinski definition) is 0. The van der Waals surface area contributed by atoms with Gasteiger partial charge in [0.2, 0.25) is 0 Å². The number of esters is 2. The van der Waals surface area contributed by atoms with Crippen LogP contribution in [0.15, 0.2) is 0 Å². The molecule has 0 unspecified atom stereocenters. The molecule has 0 saturated heterocycles. The maximum absolute atomic E-state index is 12.0. The van der Waals surface area contributed by atoms with Gasteiger partial charge in [-0.1, -0.05) is 46.4 Å². The van der Waals surface area contributed by atoms with Crippen LogP contribution in [0.1, 0.15) is 25.5 Å². The van der Waals surface area contributed by atoms with Gasteiger partial charge in [-0.3, -0.25) is 9.59 Å². The highest BCUT2D eigenvalue weighted by molar-refractivity contribution is 6.51. The minimum atomic E-state index is -1.48. The van der Waals surface area contributed by atoms with Crippen LogP contribution in [0.5, 0.6) is 0 Å². The van der Waals surface area contributed by atoms with Crippen molar-refractivity contribution in [1.29, 1.82) is 0 Å². The lowest BCUT2D eigenvalue weighted by atomic mass is 10.1. The molecule has 21 heavy (non-hydrogen) atoms. The third kappa shape index (κ3) is 4.13. The van der Waals surface area contributed by atoms with Crippen LogP contribution >= 0.6 is 46.4 Å². The van der Waals surface area contributed by atoms with E-state index in [-0.39, 0.29) is 39.1 Å². The van der Waals surface area contributed by atoms with Crippen molar-refractivity contribution in [3.05, 3.63) is 25.9 Å². The monoisotopic (exact) mass is 373 g/mol. The van der Waals surface area contributed by atoms with E-state index in [1.54, 1.807) is 13.8 Å². The van der Waals surface area contributed by atoms with Gasteiger partial charge in [-0.15, -0.1) is 0 Å². The number of rotatable bonds is 5. The van der Waals surface area contributed by atoms with Crippen LogP contribution < -0.4 is 0 Å². The Morgan fingerprint density at radius 3 is 1.86 bits per heavy atom. The first-order valence-corrected chi connectivity index (χ1v) is 7.39. The molecule has 1 rings (SSSR count). The number of halogens is 4. The van der Waals surface area contributed by atoms with Gasteiger partial charge in [0, 0.05) is 0 Å². The molecule has 1 aromatic heterocycles. The minimum Gasteiger partial charge on any atom is -0.465 e. The van der Waals surface area contributed by atoms with E-state index in [0.29, 0.717) is 0 Å². The molecule has 0 bridgehead atoms. The highest BCUT2D eigenvalue weighted by Crippen LogP contribution is 2.39. The molecule has 116 valence electrons. The number of aromatic nitrogens is 1.